The minimum Gasteiger partial charge on any atom is -0.392 e. The maximum atomic E-state index is 9.50. The standard InChI is InChI=1S/C14H32N2O4/c1-11(17)7-15(8-12(2)18)5-6-16(9-13(3)19)10-14(4)20/h11-14,17-20H,5-10H2,1-4H3/p+1. The van der Waals surface area contributed by atoms with E-state index in [0.29, 0.717) is 32.7 Å². The van der Waals surface area contributed by atoms with Crippen molar-refractivity contribution in [3.63, 3.8) is 0 Å². The van der Waals surface area contributed by atoms with Gasteiger partial charge in [-0.1, -0.05) is 0 Å². The number of nitrogens with zero attached hydrogens (tertiary/aromatic N) is 1. The molecule has 0 aliphatic rings. The summed E-state index contributed by atoms with van der Waals surface area (Å²) in [4.78, 5) is 3.13. The molecule has 0 aliphatic carbocycles. The van der Waals surface area contributed by atoms with Gasteiger partial charge >= 0.3 is 0 Å². The number of hydrogen-bond acceptors (Lipinski definition) is 5. The zero-order valence-electron chi connectivity index (χ0n) is 13.3. The van der Waals surface area contributed by atoms with Crippen molar-refractivity contribution < 1.29 is 25.3 Å². The highest BCUT2D eigenvalue weighted by Gasteiger charge is 2.18. The Bertz CT molecular complexity index is 191. The summed E-state index contributed by atoms with van der Waals surface area (Å²) < 4.78 is 0. The van der Waals surface area contributed by atoms with E-state index in [2.05, 4.69) is 0 Å². The second kappa shape index (κ2) is 10.5. The van der Waals surface area contributed by atoms with Gasteiger partial charge in [-0.3, -0.25) is 4.90 Å². The average Bonchev–Trinajstić information content (AvgIpc) is 2.22. The van der Waals surface area contributed by atoms with Crippen molar-refractivity contribution in [1.29, 1.82) is 0 Å². The topological polar surface area (TPSA) is 88.6 Å². The van der Waals surface area contributed by atoms with Crippen molar-refractivity contribution in [2.24, 2.45) is 0 Å². The molecule has 4 atom stereocenters. The summed E-state index contributed by atoms with van der Waals surface area (Å²) in [6.45, 7) is 10.6. The summed E-state index contributed by atoms with van der Waals surface area (Å²) in [5, 5.41) is 38.0. The first-order valence-electron chi connectivity index (χ1n) is 7.48. The molecule has 0 aromatic carbocycles. The lowest BCUT2D eigenvalue weighted by Crippen LogP contribution is -3.14. The van der Waals surface area contributed by atoms with Crippen molar-refractivity contribution in [2.45, 2.75) is 52.1 Å². The van der Waals surface area contributed by atoms with E-state index in [4.69, 9.17) is 0 Å². The quantitative estimate of drug-likeness (QED) is 0.296. The fourth-order valence-corrected chi connectivity index (χ4v) is 2.44. The molecule has 122 valence electrons. The summed E-state index contributed by atoms with van der Waals surface area (Å²) in [5.74, 6) is 0. The Morgan fingerprint density at radius 1 is 0.750 bits per heavy atom. The normalized spacial score (nSPS) is 19.6. The maximum Gasteiger partial charge on any atom is 0.103 e. The number of hydrogen-bond donors (Lipinski definition) is 5. The molecule has 0 amide bonds. The van der Waals surface area contributed by atoms with Crippen molar-refractivity contribution in [2.75, 3.05) is 39.3 Å². The van der Waals surface area contributed by atoms with E-state index < -0.39 is 24.4 Å². The van der Waals surface area contributed by atoms with Gasteiger partial charge in [-0.25, -0.2) is 0 Å². The van der Waals surface area contributed by atoms with Crippen LogP contribution in [0.25, 0.3) is 0 Å². The van der Waals surface area contributed by atoms with Gasteiger partial charge in [-0.05, 0) is 27.7 Å². The minimum atomic E-state index is -0.439. The maximum absolute atomic E-state index is 9.50. The van der Waals surface area contributed by atoms with Gasteiger partial charge in [0.25, 0.3) is 0 Å². The highest BCUT2D eigenvalue weighted by Crippen LogP contribution is 1.94. The van der Waals surface area contributed by atoms with Crippen molar-refractivity contribution in [1.82, 2.24) is 4.90 Å². The highest BCUT2D eigenvalue weighted by atomic mass is 16.3. The molecular formula is C14H33N2O4+. The molecule has 4 unspecified atom stereocenters. The molecule has 6 nitrogen and oxygen atoms in total. The molecule has 0 fully saturated rings. The number of aliphatic hydroxyl groups excluding tert-OH is 4. The van der Waals surface area contributed by atoms with Crippen LogP contribution in [0, 0.1) is 0 Å². The van der Waals surface area contributed by atoms with E-state index in [1.165, 1.54) is 0 Å². The summed E-state index contributed by atoms with van der Waals surface area (Å²) in [6.07, 6.45) is -1.70. The lowest BCUT2D eigenvalue weighted by Gasteiger charge is -2.28. The largest absolute Gasteiger partial charge is 0.392 e. The van der Waals surface area contributed by atoms with Crippen LogP contribution in [-0.2, 0) is 0 Å². The third kappa shape index (κ3) is 11.6. The molecule has 0 bridgehead atoms. The Labute approximate surface area is 122 Å². The highest BCUT2D eigenvalue weighted by molar-refractivity contribution is 4.64. The summed E-state index contributed by atoms with van der Waals surface area (Å²) in [7, 11) is 0. The Morgan fingerprint density at radius 3 is 1.45 bits per heavy atom. The smallest absolute Gasteiger partial charge is 0.103 e. The molecule has 0 aromatic rings. The van der Waals surface area contributed by atoms with Crippen molar-refractivity contribution >= 4 is 0 Å². The number of aliphatic hydroxyl groups is 4. The van der Waals surface area contributed by atoms with E-state index in [1.807, 2.05) is 4.90 Å². The molecule has 0 radical (unpaired) electrons. The van der Waals surface area contributed by atoms with Crippen molar-refractivity contribution in [3.8, 4) is 0 Å². The van der Waals surface area contributed by atoms with Crippen LogP contribution in [-0.4, -0.2) is 89.0 Å². The lowest BCUT2D eigenvalue weighted by atomic mass is 10.2. The van der Waals surface area contributed by atoms with Crippen LogP contribution in [0.2, 0.25) is 0 Å². The molecule has 0 spiro atoms. The predicted octanol–water partition coefficient (Wildman–Crippen LogP) is -2.30. The fraction of sp³-hybridized carbons (Fsp3) is 1.00. The Kier molecular flexibility index (Phi) is 10.4. The van der Waals surface area contributed by atoms with Gasteiger partial charge in [0.1, 0.15) is 25.3 Å². The summed E-state index contributed by atoms with van der Waals surface area (Å²) >= 11 is 0. The Morgan fingerprint density at radius 2 is 1.15 bits per heavy atom. The van der Waals surface area contributed by atoms with Gasteiger partial charge in [-0.15, -0.1) is 0 Å². The zero-order chi connectivity index (χ0) is 15.7. The third-order valence-corrected chi connectivity index (χ3v) is 2.99. The van der Waals surface area contributed by atoms with Crippen LogP contribution in [0.1, 0.15) is 27.7 Å². The first-order chi connectivity index (χ1) is 9.20. The second-order valence-electron chi connectivity index (χ2n) is 6.06. The zero-order valence-corrected chi connectivity index (χ0v) is 13.3. The number of quaternary nitrogens is 1. The van der Waals surface area contributed by atoms with E-state index in [1.54, 1.807) is 27.7 Å². The molecule has 0 aliphatic heterocycles. The first-order valence-corrected chi connectivity index (χ1v) is 7.48. The van der Waals surface area contributed by atoms with Gasteiger partial charge in [0.15, 0.2) is 0 Å². The molecule has 5 N–H and O–H groups in total. The first kappa shape index (κ1) is 19.8. The Balaban J connectivity index is 4.35. The number of rotatable bonds is 11. The van der Waals surface area contributed by atoms with Gasteiger partial charge in [0.2, 0.25) is 0 Å². The number of nitrogens with one attached hydrogen (secondary N) is 1. The third-order valence-electron chi connectivity index (χ3n) is 2.99. The van der Waals surface area contributed by atoms with Crippen LogP contribution >= 0.6 is 0 Å². The van der Waals surface area contributed by atoms with E-state index in [-0.39, 0.29) is 0 Å². The second-order valence-corrected chi connectivity index (χ2v) is 6.06. The van der Waals surface area contributed by atoms with E-state index in [9.17, 15) is 20.4 Å². The van der Waals surface area contributed by atoms with Crippen molar-refractivity contribution in [3.05, 3.63) is 0 Å². The van der Waals surface area contributed by atoms with E-state index >= 15 is 0 Å². The SMILES string of the molecule is CC(O)CN(CC[NH+](CC(C)O)CC(C)O)CC(C)O. The monoisotopic (exact) mass is 293 g/mol. The summed E-state index contributed by atoms with van der Waals surface area (Å²) in [6, 6.07) is 0. The predicted molar refractivity (Wildman–Crippen MR) is 78.7 cm³/mol. The molecule has 0 aromatic heterocycles. The van der Waals surface area contributed by atoms with Crippen LogP contribution in [0.4, 0.5) is 0 Å². The van der Waals surface area contributed by atoms with E-state index in [0.717, 1.165) is 11.4 Å². The van der Waals surface area contributed by atoms with Gasteiger partial charge < -0.3 is 25.3 Å². The molecular weight excluding hydrogens is 260 g/mol. The minimum absolute atomic E-state index is 0.411. The Hall–Kier alpha value is -0.240. The van der Waals surface area contributed by atoms with Crippen LogP contribution in [0.5, 0.6) is 0 Å². The molecule has 20 heavy (non-hydrogen) atoms. The van der Waals surface area contributed by atoms with Crippen LogP contribution < -0.4 is 4.90 Å². The van der Waals surface area contributed by atoms with Crippen LogP contribution in [0.3, 0.4) is 0 Å². The molecule has 0 saturated carbocycles. The lowest BCUT2D eigenvalue weighted by molar-refractivity contribution is -0.905. The summed E-state index contributed by atoms with van der Waals surface area (Å²) in [5.41, 5.74) is 0. The van der Waals surface area contributed by atoms with Crippen LogP contribution in [0.15, 0.2) is 0 Å². The van der Waals surface area contributed by atoms with Gasteiger partial charge in [0.05, 0.1) is 18.8 Å². The molecule has 0 heterocycles. The van der Waals surface area contributed by atoms with Gasteiger partial charge in [0, 0.05) is 19.6 Å². The fourth-order valence-electron chi connectivity index (χ4n) is 2.44. The molecule has 0 rings (SSSR count). The molecule has 0 saturated heterocycles. The van der Waals surface area contributed by atoms with Gasteiger partial charge in [-0.2, -0.15) is 0 Å². The average molecular weight is 293 g/mol. The molecule has 6 heteroatoms.